The number of benzene rings is 2. The number of rotatable bonds is 3. The van der Waals surface area contributed by atoms with Gasteiger partial charge in [0, 0.05) is 11.2 Å². The van der Waals surface area contributed by atoms with Crippen LogP contribution >= 0.6 is 0 Å². The van der Waals surface area contributed by atoms with Gasteiger partial charge in [0.2, 0.25) is 5.69 Å². The molecule has 0 radical (unpaired) electrons. The molecule has 2 saturated carbocycles. The lowest BCUT2D eigenvalue weighted by atomic mass is 9.86. The van der Waals surface area contributed by atoms with Crippen LogP contribution in [0.1, 0.15) is 42.4 Å². The third-order valence-electron chi connectivity index (χ3n) is 6.70. The quantitative estimate of drug-likeness (QED) is 0.583. The third kappa shape index (κ3) is 2.05. The molecule has 26 heavy (non-hydrogen) atoms. The van der Waals surface area contributed by atoms with Crippen LogP contribution in [0.15, 0.2) is 59.7 Å². The lowest BCUT2D eigenvalue weighted by Gasteiger charge is -2.19. The van der Waals surface area contributed by atoms with E-state index in [-0.39, 0.29) is 0 Å². The van der Waals surface area contributed by atoms with Crippen LogP contribution in [0.25, 0.3) is 11.1 Å². The third-order valence-corrected chi connectivity index (χ3v) is 6.70. The highest BCUT2D eigenvalue weighted by molar-refractivity contribution is 5.99. The summed E-state index contributed by atoms with van der Waals surface area (Å²) in [5.41, 5.74) is 9.61. The van der Waals surface area contributed by atoms with E-state index in [4.69, 9.17) is 0 Å². The van der Waals surface area contributed by atoms with Gasteiger partial charge in [-0.15, -0.1) is 0 Å². The molecule has 2 aromatic rings. The molecule has 3 aliphatic carbocycles. The SMILES string of the molecule is CC1C2C=CC(c3ccc4c(c3)[N+](C)=N4)=C(c3cccc(C4CC4)c3)C12. The van der Waals surface area contributed by atoms with E-state index >= 15 is 0 Å². The second-order valence-electron chi connectivity index (χ2n) is 8.38. The second-order valence-corrected chi connectivity index (χ2v) is 8.38. The van der Waals surface area contributed by atoms with E-state index in [2.05, 4.69) is 66.7 Å². The lowest BCUT2D eigenvalue weighted by Crippen LogP contribution is -2.04. The first-order chi connectivity index (χ1) is 12.7. The Labute approximate surface area is 154 Å². The molecule has 6 rings (SSSR count). The molecule has 0 saturated heterocycles. The summed E-state index contributed by atoms with van der Waals surface area (Å²) in [5.74, 6) is 2.96. The molecule has 0 N–H and O–H groups in total. The van der Waals surface area contributed by atoms with E-state index in [0.717, 1.165) is 23.4 Å². The molecule has 0 spiro atoms. The Morgan fingerprint density at radius 3 is 2.73 bits per heavy atom. The normalized spacial score (nSPS) is 28.2. The monoisotopic (exact) mass is 339 g/mol. The minimum absolute atomic E-state index is 0.679. The van der Waals surface area contributed by atoms with Gasteiger partial charge in [0.25, 0.3) is 5.69 Å². The molecule has 2 heteroatoms. The average Bonchev–Trinajstić information content (AvgIpc) is 3.58. The van der Waals surface area contributed by atoms with Gasteiger partial charge in [-0.05, 0) is 70.4 Å². The van der Waals surface area contributed by atoms with Crippen molar-refractivity contribution in [2.75, 3.05) is 7.05 Å². The highest BCUT2D eigenvalue weighted by atomic mass is 15.3. The van der Waals surface area contributed by atoms with Crippen molar-refractivity contribution < 1.29 is 4.70 Å². The predicted octanol–water partition coefficient (Wildman–Crippen LogP) is 6.30. The molecule has 4 aliphatic rings. The van der Waals surface area contributed by atoms with E-state index < -0.39 is 0 Å². The maximum atomic E-state index is 4.42. The van der Waals surface area contributed by atoms with Crippen molar-refractivity contribution in [2.24, 2.45) is 22.9 Å². The summed E-state index contributed by atoms with van der Waals surface area (Å²) in [6.45, 7) is 2.40. The largest absolute Gasteiger partial charge is 0.263 e. The van der Waals surface area contributed by atoms with Crippen LogP contribution in [-0.2, 0) is 0 Å². The van der Waals surface area contributed by atoms with Gasteiger partial charge in [0.15, 0.2) is 7.05 Å². The Balaban J connectivity index is 1.52. The first-order valence-corrected chi connectivity index (χ1v) is 9.83. The standard InChI is InChI=1S/C24H23N2/c1-14-19-9-10-20(17-8-11-21-22(13-17)26(2)25-21)24(23(14)19)18-5-3-4-16(12-18)15-6-7-15/h3-5,8-15,19,23H,6-7H2,1-2H3/q+1. The van der Waals surface area contributed by atoms with Crippen LogP contribution in [0.2, 0.25) is 0 Å². The molecule has 2 fully saturated rings. The molecular formula is C24H23N2+. The van der Waals surface area contributed by atoms with Gasteiger partial charge in [0.1, 0.15) is 0 Å². The number of hydrogen-bond donors (Lipinski definition) is 0. The van der Waals surface area contributed by atoms with Gasteiger partial charge in [-0.1, -0.05) is 54.1 Å². The molecule has 128 valence electrons. The van der Waals surface area contributed by atoms with E-state index in [9.17, 15) is 0 Å². The fourth-order valence-corrected chi connectivity index (χ4v) is 4.90. The minimum Gasteiger partial charge on any atom is -0.0837 e. The Morgan fingerprint density at radius 1 is 1.04 bits per heavy atom. The molecule has 0 bridgehead atoms. The topological polar surface area (TPSA) is 15.4 Å². The lowest BCUT2D eigenvalue weighted by molar-refractivity contribution is -0.494. The number of hydrogen-bond acceptors (Lipinski definition) is 1. The van der Waals surface area contributed by atoms with E-state index in [1.807, 2.05) is 11.7 Å². The molecule has 0 amide bonds. The van der Waals surface area contributed by atoms with E-state index in [0.29, 0.717) is 5.92 Å². The number of allylic oxidation sites excluding steroid dienone is 4. The summed E-state index contributed by atoms with van der Waals surface area (Å²) in [7, 11) is 2.02. The summed E-state index contributed by atoms with van der Waals surface area (Å²) in [5, 5.41) is 4.42. The molecule has 1 aliphatic heterocycles. The second kappa shape index (κ2) is 5.03. The van der Waals surface area contributed by atoms with Crippen molar-refractivity contribution in [3.63, 3.8) is 0 Å². The number of fused-ring (bicyclic) bond motifs is 2. The zero-order valence-corrected chi connectivity index (χ0v) is 15.3. The van der Waals surface area contributed by atoms with Gasteiger partial charge in [-0.2, -0.15) is 0 Å². The molecule has 3 atom stereocenters. The highest BCUT2D eigenvalue weighted by Crippen LogP contribution is 2.59. The van der Waals surface area contributed by atoms with Crippen LogP contribution in [0.5, 0.6) is 0 Å². The Hall–Kier alpha value is -2.48. The van der Waals surface area contributed by atoms with Crippen molar-refractivity contribution in [1.29, 1.82) is 0 Å². The van der Waals surface area contributed by atoms with Crippen molar-refractivity contribution >= 4 is 22.5 Å². The fourth-order valence-electron chi connectivity index (χ4n) is 4.90. The van der Waals surface area contributed by atoms with Gasteiger partial charge >= 0.3 is 0 Å². The first kappa shape index (κ1) is 14.7. The zero-order chi connectivity index (χ0) is 17.4. The zero-order valence-electron chi connectivity index (χ0n) is 15.3. The predicted molar refractivity (Wildman–Crippen MR) is 105 cm³/mol. The Kier molecular flexibility index (Phi) is 2.84. The van der Waals surface area contributed by atoms with Crippen molar-refractivity contribution in [3.8, 4) is 0 Å². The first-order valence-electron chi connectivity index (χ1n) is 9.83. The van der Waals surface area contributed by atoms with Gasteiger partial charge < -0.3 is 0 Å². The summed E-state index contributed by atoms with van der Waals surface area (Å²) >= 11 is 0. The van der Waals surface area contributed by atoms with Gasteiger partial charge in [0.05, 0.1) is 0 Å². The maximum Gasteiger partial charge on any atom is 0.263 e. The van der Waals surface area contributed by atoms with Crippen LogP contribution in [0.3, 0.4) is 0 Å². The molecule has 2 nitrogen and oxygen atoms in total. The van der Waals surface area contributed by atoms with Crippen LogP contribution in [0, 0.1) is 17.8 Å². The van der Waals surface area contributed by atoms with Crippen LogP contribution in [0.4, 0.5) is 11.4 Å². The van der Waals surface area contributed by atoms with E-state index in [1.165, 1.54) is 40.8 Å². The molecule has 1 heterocycles. The Bertz CT molecular complexity index is 1040. The van der Waals surface area contributed by atoms with Crippen molar-refractivity contribution in [1.82, 2.24) is 0 Å². The minimum atomic E-state index is 0.679. The van der Waals surface area contributed by atoms with Gasteiger partial charge in [-0.3, -0.25) is 0 Å². The summed E-state index contributed by atoms with van der Waals surface area (Å²) in [4.78, 5) is 0. The molecular weight excluding hydrogens is 316 g/mol. The summed E-state index contributed by atoms with van der Waals surface area (Å²) < 4.78 is 1.97. The van der Waals surface area contributed by atoms with Crippen molar-refractivity contribution in [2.45, 2.75) is 25.7 Å². The number of nitrogens with zero attached hydrogens (tertiary/aromatic N) is 2. The molecule has 3 unspecified atom stereocenters. The Morgan fingerprint density at radius 2 is 1.92 bits per heavy atom. The number of azo groups is 2. The highest BCUT2D eigenvalue weighted by Gasteiger charge is 2.50. The van der Waals surface area contributed by atoms with E-state index in [1.54, 1.807) is 5.57 Å². The van der Waals surface area contributed by atoms with Crippen LogP contribution in [-0.4, -0.2) is 11.7 Å². The van der Waals surface area contributed by atoms with Crippen molar-refractivity contribution in [3.05, 3.63) is 71.3 Å². The molecule has 0 aromatic heterocycles. The maximum absolute atomic E-state index is 4.42. The summed E-state index contributed by atoms with van der Waals surface area (Å²) in [6.07, 6.45) is 7.53. The molecule has 2 aromatic carbocycles. The van der Waals surface area contributed by atoms with Gasteiger partial charge in [-0.25, -0.2) is 0 Å². The smallest absolute Gasteiger partial charge is 0.0837 e. The fraction of sp³-hybridized carbons (Fsp3) is 0.333. The average molecular weight is 339 g/mol. The van der Waals surface area contributed by atoms with Crippen LogP contribution < -0.4 is 0 Å². The summed E-state index contributed by atoms with van der Waals surface area (Å²) in [6, 6.07) is 16.1.